The summed E-state index contributed by atoms with van der Waals surface area (Å²) in [4.78, 5) is 41.9. The molecule has 10 nitrogen and oxygen atoms in total. The first kappa shape index (κ1) is 48.5. The largest absolute Gasteiger partial charge is 0.465 e. The number of carbonyl (C=O) groups excluding carboxylic acids is 3. The molecule has 6 unspecified atom stereocenters. The average Bonchev–Trinajstić information content (AvgIpc) is 3.43. The summed E-state index contributed by atoms with van der Waals surface area (Å²) in [6.45, 7) is -5.76. The Morgan fingerprint density at radius 1 is 0.486 bits per heavy atom. The minimum Gasteiger partial charge on any atom is -0.465 e. The summed E-state index contributed by atoms with van der Waals surface area (Å²) in [6, 6.07) is 0. The Hall–Kier alpha value is -2.45. The summed E-state index contributed by atoms with van der Waals surface area (Å²) < 4.78 is 186. The van der Waals surface area contributed by atoms with Gasteiger partial charge in [-0.1, -0.05) is 0 Å². The Morgan fingerprint density at radius 2 is 0.829 bits per heavy atom. The van der Waals surface area contributed by atoms with Crippen LogP contribution in [0.25, 0.3) is 0 Å². The Kier molecular flexibility index (Phi) is 10.5. The molecule has 15 rings (SSSR count). The van der Waals surface area contributed by atoms with E-state index < -0.39 is 131 Å². The second-order valence-corrected chi connectivity index (χ2v) is 25.4. The maximum absolute atomic E-state index is 14.7. The average molecular weight is 1010 g/mol. The Morgan fingerprint density at radius 3 is 1.19 bits per heavy atom. The normalized spacial score (nSPS) is 47.8. The van der Waals surface area contributed by atoms with Crippen molar-refractivity contribution in [1.82, 2.24) is 0 Å². The zero-order chi connectivity index (χ0) is 49.6. The lowest BCUT2D eigenvalue weighted by Gasteiger charge is -2.67. The number of hydrogen-bond donors (Lipinski definition) is 0. The van der Waals surface area contributed by atoms with Crippen molar-refractivity contribution in [1.29, 1.82) is 0 Å². The first-order chi connectivity index (χ1) is 32.6. The zero-order valence-corrected chi connectivity index (χ0v) is 39.2. The maximum Gasteiger partial charge on any atom is 0.377 e. The quantitative estimate of drug-likeness (QED) is 0.132. The fraction of sp³-hybridized carbons (Fsp3) is 0.940. The van der Waals surface area contributed by atoms with E-state index in [9.17, 15) is 58.3 Å². The smallest absolute Gasteiger partial charge is 0.377 e. The van der Waals surface area contributed by atoms with E-state index in [-0.39, 0.29) is 73.9 Å². The molecule has 0 aromatic heterocycles. The van der Waals surface area contributed by atoms with E-state index in [1.54, 1.807) is 0 Å². The van der Waals surface area contributed by atoms with E-state index >= 15 is 0 Å². The molecule has 392 valence electrons. The van der Waals surface area contributed by atoms with Gasteiger partial charge in [0.25, 0.3) is 0 Å². The number of halogens is 10. The van der Waals surface area contributed by atoms with Gasteiger partial charge < -0.3 is 33.2 Å². The van der Waals surface area contributed by atoms with Crippen molar-refractivity contribution in [3.63, 3.8) is 0 Å². The molecule has 2 heterocycles. The molecule has 0 N–H and O–H groups in total. The van der Waals surface area contributed by atoms with Crippen LogP contribution in [-0.2, 0) is 47.5 Å². The van der Waals surface area contributed by atoms with Crippen LogP contribution in [0.4, 0.5) is 43.9 Å². The molecular weight excluding hydrogens is 951 g/mol. The topological polar surface area (TPSA) is 116 Å². The van der Waals surface area contributed by atoms with Crippen LogP contribution in [0.5, 0.6) is 0 Å². The van der Waals surface area contributed by atoms with Gasteiger partial charge in [-0.05, 0) is 157 Å². The maximum atomic E-state index is 14.7. The van der Waals surface area contributed by atoms with Crippen molar-refractivity contribution in [2.24, 2.45) is 74.9 Å². The van der Waals surface area contributed by atoms with E-state index in [0.29, 0.717) is 90.4 Å². The van der Waals surface area contributed by atoms with Gasteiger partial charge in [0.15, 0.2) is 11.6 Å². The van der Waals surface area contributed by atoms with Crippen LogP contribution in [0.2, 0.25) is 0 Å². The zero-order valence-electron chi connectivity index (χ0n) is 39.2. The third kappa shape index (κ3) is 7.00. The van der Waals surface area contributed by atoms with Gasteiger partial charge in [-0.3, -0.25) is 9.59 Å². The number of rotatable bonds is 8. The molecule has 2 saturated heterocycles. The van der Waals surface area contributed by atoms with Crippen LogP contribution in [0.15, 0.2) is 0 Å². The van der Waals surface area contributed by atoms with Crippen LogP contribution in [0, 0.1) is 74.9 Å². The van der Waals surface area contributed by atoms with Gasteiger partial charge in [-0.15, -0.1) is 0 Å². The number of esters is 3. The van der Waals surface area contributed by atoms with Crippen LogP contribution < -0.4 is 0 Å². The van der Waals surface area contributed by atoms with Gasteiger partial charge in [0, 0.05) is 36.0 Å². The fourth-order valence-corrected chi connectivity index (χ4v) is 18.3. The molecule has 20 heteroatoms. The number of carbonyl (C=O) groups is 3. The Bertz CT molecular complexity index is 1980. The summed E-state index contributed by atoms with van der Waals surface area (Å²) in [5, 5.41) is 0. The van der Waals surface area contributed by atoms with Gasteiger partial charge in [-0.25, -0.2) is 4.79 Å². The highest BCUT2D eigenvalue weighted by molar-refractivity contribution is 5.79. The molecule has 0 aromatic carbocycles. The molecule has 13 saturated carbocycles. The molecule has 0 amide bonds. The van der Waals surface area contributed by atoms with E-state index in [1.807, 2.05) is 0 Å². The molecule has 2 aliphatic heterocycles. The van der Waals surface area contributed by atoms with E-state index in [1.165, 1.54) is 0 Å². The van der Waals surface area contributed by atoms with Gasteiger partial charge in [0.1, 0.15) is 45.2 Å². The molecule has 6 atom stereocenters. The fourth-order valence-electron chi connectivity index (χ4n) is 18.3. The van der Waals surface area contributed by atoms with Crippen LogP contribution in [0.3, 0.4) is 0 Å². The number of hydrogen-bond acceptors (Lipinski definition) is 10. The van der Waals surface area contributed by atoms with Gasteiger partial charge in [-0.2, -0.15) is 43.9 Å². The van der Waals surface area contributed by atoms with Crippen molar-refractivity contribution in [2.45, 2.75) is 176 Å². The highest BCUT2D eigenvalue weighted by atomic mass is 19.3. The second kappa shape index (κ2) is 15.1. The summed E-state index contributed by atoms with van der Waals surface area (Å²) in [6.07, 6.45) is 8.71. The highest BCUT2D eigenvalue weighted by Crippen LogP contribution is 2.72. The first-order valence-electron chi connectivity index (χ1n) is 25.6. The number of alkyl halides is 10. The predicted molar refractivity (Wildman–Crippen MR) is 219 cm³/mol. The highest BCUT2D eigenvalue weighted by Gasteiger charge is 2.73. The summed E-state index contributed by atoms with van der Waals surface area (Å²) in [5.41, 5.74) is -4.17. The molecule has 15 aliphatic rings. The summed E-state index contributed by atoms with van der Waals surface area (Å²) in [5.74, 6) is -29.4. The molecule has 3 spiro atoms. The van der Waals surface area contributed by atoms with Gasteiger partial charge in [0.2, 0.25) is 0 Å². The molecule has 12 bridgehead atoms. The van der Waals surface area contributed by atoms with E-state index in [0.717, 1.165) is 12.8 Å². The van der Waals surface area contributed by atoms with Gasteiger partial charge >= 0.3 is 47.5 Å². The van der Waals surface area contributed by atoms with E-state index in [2.05, 4.69) is 0 Å². The molecule has 13 aliphatic carbocycles. The Balaban J connectivity index is 0.779. The lowest BCUT2D eigenvalue weighted by molar-refractivity contribution is -0.346. The molecule has 0 aromatic rings. The van der Waals surface area contributed by atoms with Crippen LogP contribution in [0.1, 0.15) is 129 Å². The minimum absolute atomic E-state index is 0.0131. The Labute approximate surface area is 398 Å². The summed E-state index contributed by atoms with van der Waals surface area (Å²) >= 11 is 0. The van der Waals surface area contributed by atoms with Gasteiger partial charge in [0.05, 0.1) is 10.8 Å². The van der Waals surface area contributed by atoms with Crippen LogP contribution in [-0.4, -0.2) is 104 Å². The molecule has 0 radical (unpaired) electrons. The number of ether oxygens (including phenoxy) is 7. The monoisotopic (exact) mass is 1010 g/mol. The molecule has 70 heavy (non-hydrogen) atoms. The van der Waals surface area contributed by atoms with Crippen molar-refractivity contribution >= 4 is 17.9 Å². The first-order valence-corrected chi connectivity index (χ1v) is 25.6. The third-order valence-electron chi connectivity index (χ3n) is 21.2. The van der Waals surface area contributed by atoms with Crippen molar-refractivity contribution < 1.29 is 91.4 Å². The lowest BCUT2D eigenvalue weighted by Crippen LogP contribution is -2.65. The SMILES string of the molecule is CC(F)(F)C(=O)OC12CC3CC(C1)C1(CCC(COC(=O)C45CC6CC(C4)C4(OCC(F)(F)C(F)(F)CO4)C(C6)C5)(COC(=O)C45CC6CC(C4)C4(OCC(F)(F)C(F)(F)CO4)C(C6)C5)CC1)C(C3)C2. The lowest BCUT2D eigenvalue weighted by atomic mass is 9.40. The molecular formula is C50H62F10O10. The third-order valence-corrected chi connectivity index (χ3v) is 21.2. The minimum atomic E-state index is -4.44. The standard InChI is InChI=1S/C50H62F10O10/c1-39(51,52)36(61)70-43-14-29-6-30(19-43)44(31(7-29)20-43)4-2-40(3-5-44,21-64-37(62)41-12-27-8-32(15-41)49(33(9-27)16-41)66-23-45(53,54)46(55,56)24-67-49)22-65-38(63)42-13-28-10-34(17-42)50(35(11-28)18-42)68-25-47(57,58)48(59,60)26-69-50/h27-35H,2-26H2,1H3. The second-order valence-electron chi connectivity index (χ2n) is 25.4. The summed E-state index contributed by atoms with van der Waals surface area (Å²) in [7, 11) is 0. The van der Waals surface area contributed by atoms with E-state index in [4.69, 9.17) is 33.2 Å². The predicted octanol–water partition coefficient (Wildman–Crippen LogP) is 10.1. The van der Waals surface area contributed by atoms with Crippen molar-refractivity contribution in [3.05, 3.63) is 0 Å². The van der Waals surface area contributed by atoms with Crippen LogP contribution >= 0.6 is 0 Å². The van der Waals surface area contributed by atoms with Crippen molar-refractivity contribution in [3.8, 4) is 0 Å². The van der Waals surface area contributed by atoms with Crippen molar-refractivity contribution in [2.75, 3.05) is 39.6 Å². The molecule has 15 fully saturated rings.